The zero-order chi connectivity index (χ0) is 20.7. The van der Waals surface area contributed by atoms with Crippen LogP contribution in [0, 0.1) is 5.82 Å². The lowest BCUT2D eigenvalue weighted by Gasteiger charge is -2.16. The number of ether oxygens (including phenoxy) is 2. The van der Waals surface area contributed by atoms with E-state index in [1.807, 2.05) is 42.5 Å². The molecule has 0 bridgehead atoms. The summed E-state index contributed by atoms with van der Waals surface area (Å²) in [5, 5.41) is 9.37. The molecule has 0 spiro atoms. The first kappa shape index (κ1) is 18.8. The van der Waals surface area contributed by atoms with Crippen LogP contribution in [0.15, 0.2) is 60.7 Å². The number of hydrogen-bond acceptors (Lipinski definition) is 4. The summed E-state index contributed by atoms with van der Waals surface area (Å²) < 4.78 is 25.4. The Hall–Kier alpha value is -3.18. The average molecular weight is 406 g/mol. The van der Waals surface area contributed by atoms with Crippen LogP contribution in [-0.4, -0.2) is 17.7 Å². The van der Waals surface area contributed by atoms with Crippen molar-refractivity contribution in [2.24, 2.45) is 0 Å². The van der Waals surface area contributed by atoms with Crippen molar-refractivity contribution in [2.75, 3.05) is 6.79 Å². The smallest absolute Gasteiger partial charge is 0.231 e. The highest BCUT2D eigenvalue weighted by molar-refractivity contribution is 5.95. The fourth-order valence-electron chi connectivity index (χ4n) is 4.13. The minimum atomic E-state index is -0.569. The summed E-state index contributed by atoms with van der Waals surface area (Å²) >= 11 is 0. The van der Waals surface area contributed by atoms with Gasteiger partial charge < -0.3 is 14.6 Å². The van der Waals surface area contributed by atoms with Crippen LogP contribution in [0.3, 0.4) is 0 Å². The van der Waals surface area contributed by atoms with E-state index in [0.29, 0.717) is 17.1 Å². The molecule has 0 saturated heterocycles. The van der Waals surface area contributed by atoms with Crippen LogP contribution in [0.1, 0.15) is 31.0 Å². The second kappa shape index (κ2) is 7.26. The monoisotopic (exact) mass is 406 g/mol. The number of ketones is 1. The zero-order valence-electron chi connectivity index (χ0n) is 16.4. The second-order valence-electron chi connectivity index (χ2n) is 7.91. The third kappa shape index (κ3) is 3.25. The minimum absolute atomic E-state index is 0. The molecule has 0 aromatic heterocycles. The molecule has 30 heavy (non-hydrogen) atoms. The van der Waals surface area contributed by atoms with E-state index in [1.54, 1.807) is 12.1 Å². The molecule has 3 aromatic rings. The van der Waals surface area contributed by atoms with Crippen LogP contribution in [0.25, 0.3) is 11.1 Å². The van der Waals surface area contributed by atoms with E-state index in [1.165, 1.54) is 6.07 Å². The van der Waals surface area contributed by atoms with E-state index in [2.05, 4.69) is 0 Å². The molecule has 1 saturated carbocycles. The number of hydrogen-bond donors (Lipinski definition) is 1. The Bertz CT molecular complexity index is 1140. The Morgan fingerprint density at radius 3 is 2.60 bits per heavy atom. The molecule has 1 heterocycles. The third-order valence-corrected chi connectivity index (χ3v) is 6.05. The van der Waals surface area contributed by atoms with Gasteiger partial charge >= 0.3 is 0 Å². The summed E-state index contributed by atoms with van der Waals surface area (Å²) in [6.45, 7) is 0.133. The standard InChI is InChI=1S/C25H21FO4.H2/c26-21-6-4-18(17-3-1-2-16(10-17)14-27)11-19(21)12-24(28)25(8-9-25)20-5-7-22-23(13-20)30-15-29-22;/h1-7,10-11,13,27H,8-9,12,14-15H2;1H. The molecule has 0 unspecified atom stereocenters. The van der Waals surface area contributed by atoms with Crippen molar-refractivity contribution in [2.45, 2.75) is 31.3 Å². The summed E-state index contributed by atoms with van der Waals surface area (Å²) in [4.78, 5) is 13.2. The largest absolute Gasteiger partial charge is 0.454 e. The van der Waals surface area contributed by atoms with E-state index in [-0.39, 0.29) is 32.8 Å². The fourth-order valence-corrected chi connectivity index (χ4v) is 4.13. The zero-order valence-corrected chi connectivity index (χ0v) is 16.4. The summed E-state index contributed by atoms with van der Waals surface area (Å²) in [6, 6.07) is 17.9. The molecule has 1 aliphatic carbocycles. The first-order valence-electron chi connectivity index (χ1n) is 10.0. The Morgan fingerprint density at radius 1 is 1.00 bits per heavy atom. The van der Waals surface area contributed by atoms with Gasteiger partial charge in [0.2, 0.25) is 6.79 Å². The maximum absolute atomic E-state index is 14.6. The van der Waals surface area contributed by atoms with Gasteiger partial charge in [-0.25, -0.2) is 4.39 Å². The van der Waals surface area contributed by atoms with Gasteiger partial charge in [-0.2, -0.15) is 0 Å². The van der Waals surface area contributed by atoms with Crippen molar-refractivity contribution in [1.82, 2.24) is 0 Å². The van der Waals surface area contributed by atoms with Crippen LogP contribution >= 0.6 is 0 Å². The maximum atomic E-state index is 14.6. The Labute approximate surface area is 175 Å². The van der Waals surface area contributed by atoms with Gasteiger partial charge in [0.15, 0.2) is 11.5 Å². The molecule has 5 heteroatoms. The molecule has 0 atom stereocenters. The van der Waals surface area contributed by atoms with Crippen molar-refractivity contribution in [3.8, 4) is 22.6 Å². The lowest BCUT2D eigenvalue weighted by molar-refractivity contribution is -0.120. The summed E-state index contributed by atoms with van der Waals surface area (Å²) in [5.41, 5.74) is 3.21. The molecule has 4 nitrogen and oxygen atoms in total. The summed E-state index contributed by atoms with van der Waals surface area (Å²) in [5.74, 6) is 0.975. The van der Waals surface area contributed by atoms with Gasteiger partial charge in [0.1, 0.15) is 11.6 Å². The number of aliphatic hydroxyl groups excluding tert-OH is 1. The highest BCUT2D eigenvalue weighted by Crippen LogP contribution is 2.51. The van der Waals surface area contributed by atoms with Crippen molar-refractivity contribution >= 4 is 5.78 Å². The first-order chi connectivity index (χ1) is 14.6. The molecule has 1 fully saturated rings. The Kier molecular flexibility index (Phi) is 4.55. The molecule has 5 rings (SSSR count). The van der Waals surface area contributed by atoms with E-state index in [9.17, 15) is 14.3 Å². The number of carbonyl (C=O) groups excluding carboxylic acids is 1. The normalized spacial score (nSPS) is 15.8. The molecule has 1 aliphatic heterocycles. The average Bonchev–Trinajstić information content (AvgIpc) is 3.46. The maximum Gasteiger partial charge on any atom is 0.231 e. The molecule has 2 aliphatic rings. The Balaban J connectivity index is 0.00000231. The molecule has 0 amide bonds. The number of Topliss-reactive ketones (excluding diaryl/α,β-unsaturated/α-hetero) is 1. The van der Waals surface area contributed by atoms with Crippen LogP contribution in [0.5, 0.6) is 11.5 Å². The molecular weight excluding hydrogens is 383 g/mol. The van der Waals surface area contributed by atoms with Gasteiger partial charge in [0, 0.05) is 7.85 Å². The highest BCUT2D eigenvalue weighted by Gasteiger charge is 2.51. The van der Waals surface area contributed by atoms with Crippen molar-refractivity contribution in [3.63, 3.8) is 0 Å². The van der Waals surface area contributed by atoms with Gasteiger partial charge in [-0.3, -0.25) is 4.79 Å². The van der Waals surface area contributed by atoms with Gasteiger partial charge in [-0.05, 0) is 71.0 Å². The first-order valence-corrected chi connectivity index (χ1v) is 10.0. The SMILES string of the molecule is O=C(Cc1cc(-c2cccc(CO)c2)ccc1F)C1(c2ccc3c(c2)OCO3)CC1.[HH]. The number of carbonyl (C=O) groups is 1. The number of benzene rings is 3. The predicted octanol–water partition coefficient (Wildman–Crippen LogP) is 4.80. The number of aliphatic hydroxyl groups is 1. The van der Waals surface area contributed by atoms with Crippen LogP contribution in [0.2, 0.25) is 0 Å². The van der Waals surface area contributed by atoms with Crippen molar-refractivity contribution in [1.29, 1.82) is 0 Å². The Morgan fingerprint density at radius 2 is 1.80 bits per heavy atom. The molecule has 0 radical (unpaired) electrons. The van der Waals surface area contributed by atoms with E-state index >= 15 is 0 Å². The fraction of sp³-hybridized carbons (Fsp3) is 0.240. The van der Waals surface area contributed by atoms with Crippen LogP contribution in [-0.2, 0) is 23.2 Å². The van der Waals surface area contributed by atoms with Crippen molar-refractivity contribution in [3.05, 3.63) is 83.2 Å². The molecule has 1 N–H and O–H groups in total. The topological polar surface area (TPSA) is 55.8 Å². The summed E-state index contributed by atoms with van der Waals surface area (Å²) in [6.07, 6.45) is 1.55. The minimum Gasteiger partial charge on any atom is -0.454 e. The van der Waals surface area contributed by atoms with Gasteiger partial charge in [0.05, 0.1) is 12.0 Å². The highest BCUT2D eigenvalue weighted by atomic mass is 19.1. The summed E-state index contributed by atoms with van der Waals surface area (Å²) in [7, 11) is 0. The molecular formula is C25H23FO4. The number of rotatable bonds is 6. The third-order valence-electron chi connectivity index (χ3n) is 6.05. The van der Waals surface area contributed by atoms with Crippen LogP contribution in [0.4, 0.5) is 4.39 Å². The second-order valence-corrected chi connectivity index (χ2v) is 7.91. The van der Waals surface area contributed by atoms with Crippen LogP contribution < -0.4 is 9.47 Å². The number of fused-ring (bicyclic) bond motifs is 1. The van der Waals surface area contributed by atoms with E-state index < -0.39 is 5.41 Å². The van der Waals surface area contributed by atoms with Gasteiger partial charge in [-0.15, -0.1) is 0 Å². The van der Waals surface area contributed by atoms with Crippen molar-refractivity contribution < 1.29 is 25.2 Å². The molecule has 154 valence electrons. The van der Waals surface area contributed by atoms with E-state index in [0.717, 1.165) is 35.1 Å². The quantitative estimate of drug-likeness (QED) is 0.639. The molecule has 3 aromatic carbocycles. The van der Waals surface area contributed by atoms with E-state index in [4.69, 9.17) is 9.47 Å². The van der Waals surface area contributed by atoms with Gasteiger partial charge in [-0.1, -0.05) is 30.3 Å². The lowest BCUT2D eigenvalue weighted by atomic mass is 9.87. The number of halogens is 1. The lowest BCUT2D eigenvalue weighted by Crippen LogP contribution is -2.23. The predicted molar refractivity (Wildman–Crippen MR) is 112 cm³/mol. The van der Waals surface area contributed by atoms with Gasteiger partial charge in [0.25, 0.3) is 0 Å².